The van der Waals surface area contributed by atoms with Gasteiger partial charge in [-0.2, -0.15) is 0 Å². The molecular weight excluding hydrogens is 312 g/mol. The van der Waals surface area contributed by atoms with E-state index in [1.165, 1.54) is 0 Å². The maximum atomic E-state index is 11.8. The topological polar surface area (TPSA) is 84.5 Å². The molecule has 0 spiro atoms. The van der Waals surface area contributed by atoms with Crippen molar-refractivity contribution >= 4 is 26.2 Å². The van der Waals surface area contributed by atoms with Crippen LogP contribution in [0.25, 0.3) is 0 Å². The van der Waals surface area contributed by atoms with Crippen molar-refractivity contribution in [2.75, 3.05) is 0 Å². The van der Waals surface area contributed by atoms with Crippen LogP contribution in [-0.4, -0.2) is 26.2 Å². The Kier molecular flexibility index (Phi) is 4.34. The Labute approximate surface area is 136 Å². The zero-order chi connectivity index (χ0) is 17.4. The highest BCUT2D eigenvalue weighted by molar-refractivity contribution is 6.74. The Bertz CT molecular complexity index is 627. The summed E-state index contributed by atoms with van der Waals surface area (Å²) in [5.41, 5.74) is 0.523. The second-order valence-corrected chi connectivity index (χ2v) is 11.9. The van der Waals surface area contributed by atoms with Crippen LogP contribution in [0.4, 0.5) is 4.79 Å². The van der Waals surface area contributed by atoms with Gasteiger partial charge in [0.1, 0.15) is 11.7 Å². The standard InChI is InChI=1S/C16H22N2O4Si/c1-16(2,3)23(4,5)22-11-8-6-10(7-9-11)12-13(19)17-15(21)18-14(12)20/h6-9,12H,1-5H3,(H2,17,18,19,20,21). The average Bonchev–Trinajstić information content (AvgIpc) is 2.37. The van der Waals surface area contributed by atoms with E-state index >= 15 is 0 Å². The molecule has 1 fully saturated rings. The van der Waals surface area contributed by atoms with Gasteiger partial charge in [0.05, 0.1) is 0 Å². The molecule has 23 heavy (non-hydrogen) atoms. The summed E-state index contributed by atoms with van der Waals surface area (Å²) in [7, 11) is -1.94. The Hall–Kier alpha value is -2.15. The van der Waals surface area contributed by atoms with E-state index in [4.69, 9.17) is 4.43 Å². The summed E-state index contributed by atoms with van der Waals surface area (Å²) in [5.74, 6) is -1.53. The van der Waals surface area contributed by atoms with Gasteiger partial charge in [-0.15, -0.1) is 0 Å². The lowest BCUT2D eigenvalue weighted by Crippen LogP contribution is -2.54. The predicted molar refractivity (Wildman–Crippen MR) is 88.7 cm³/mol. The lowest BCUT2D eigenvalue weighted by molar-refractivity contribution is -0.132. The summed E-state index contributed by atoms with van der Waals surface area (Å²) in [5, 5.41) is 4.27. The first kappa shape index (κ1) is 17.2. The number of benzene rings is 1. The lowest BCUT2D eigenvalue weighted by Gasteiger charge is -2.36. The smallest absolute Gasteiger partial charge is 0.328 e. The van der Waals surface area contributed by atoms with E-state index in [0.29, 0.717) is 11.3 Å². The van der Waals surface area contributed by atoms with Gasteiger partial charge >= 0.3 is 6.03 Å². The molecule has 1 aromatic rings. The highest BCUT2D eigenvalue weighted by atomic mass is 28.4. The van der Waals surface area contributed by atoms with Gasteiger partial charge < -0.3 is 4.43 Å². The minimum Gasteiger partial charge on any atom is -0.544 e. The van der Waals surface area contributed by atoms with Crippen LogP contribution >= 0.6 is 0 Å². The van der Waals surface area contributed by atoms with Crippen molar-refractivity contribution in [2.24, 2.45) is 0 Å². The molecule has 1 heterocycles. The van der Waals surface area contributed by atoms with Crippen molar-refractivity contribution in [2.45, 2.75) is 44.8 Å². The fraction of sp³-hybridized carbons (Fsp3) is 0.438. The van der Waals surface area contributed by atoms with E-state index in [1.807, 2.05) is 0 Å². The van der Waals surface area contributed by atoms with Crippen LogP contribution in [-0.2, 0) is 9.59 Å². The molecule has 4 amide bonds. The van der Waals surface area contributed by atoms with E-state index < -0.39 is 32.1 Å². The molecule has 1 aliphatic heterocycles. The molecule has 0 saturated carbocycles. The quantitative estimate of drug-likeness (QED) is 0.657. The monoisotopic (exact) mass is 334 g/mol. The van der Waals surface area contributed by atoms with Gasteiger partial charge in [-0.05, 0) is 35.8 Å². The molecule has 1 aliphatic rings. The number of carbonyl (C=O) groups excluding carboxylic acids is 3. The van der Waals surface area contributed by atoms with Crippen LogP contribution in [0, 0.1) is 0 Å². The number of hydrogen-bond acceptors (Lipinski definition) is 4. The number of hydrogen-bond donors (Lipinski definition) is 2. The molecule has 2 N–H and O–H groups in total. The number of imide groups is 2. The first-order valence-corrected chi connectivity index (χ1v) is 10.4. The van der Waals surface area contributed by atoms with E-state index in [1.54, 1.807) is 24.3 Å². The van der Waals surface area contributed by atoms with Gasteiger partial charge in [-0.3, -0.25) is 20.2 Å². The fourth-order valence-corrected chi connectivity index (χ4v) is 3.03. The van der Waals surface area contributed by atoms with Crippen LogP contribution < -0.4 is 15.1 Å². The number of nitrogens with one attached hydrogen (secondary N) is 2. The molecule has 0 aliphatic carbocycles. The third-order valence-corrected chi connectivity index (χ3v) is 8.75. The SMILES string of the molecule is CC(C)(C)[Si](C)(C)Oc1ccc(C2C(=O)NC(=O)NC2=O)cc1. The Morgan fingerprint density at radius 1 is 0.957 bits per heavy atom. The second-order valence-electron chi connectivity index (χ2n) is 7.17. The van der Waals surface area contributed by atoms with E-state index in [0.717, 1.165) is 0 Å². The van der Waals surface area contributed by atoms with Crippen molar-refractivity contribution in [3.05, 3.63) is 29.8 Å². The van der Waals surface area contributed by atoms with E-state index in [-0.39, 0.29) is 5.04 Å². The van der Waals surface area contributed by atoms with Crippen molar-refractivity contribution in [3.8, 4) is 5.75 Å². The van der Waals surface area contributed by atoms with Crippen LogP contribution in [0.3, 0.4) is 0 Å². The van der Waals surface area contributed by atoms with Crippen molar-refractivity contribution in [3.63, 3.8) is 0 Å². The minimum absolute atomic E-state index is 0.0785. The summed E-state index contributed by atoms with van der Waals surface area (Å²) in [4.78, 5) is 34.8. The second kappa shape index (κ2) is 5.81. The highest BCUT2D eigenvalue weighted by Gasteiger charge is 2.39. The third-order valence-electron chi connectivity index (χ3n) is 4.39. The van der Waals surface area contributed by atoms with Gasteiger partial charge in [-0.25, -0.2) is 4.79 Å². The van der Waals surface area contributed by atoms with Crippen molar-refractivity contribution in [1.29, 1.82) is 0 Å². The van der Waals surface area contributed by atoms with Gasteiger partial charge in [0, 0.05) is 0 Å². The molecule has 2 rings (SSSR count). The molecular formula is C16H22N2O4Si. The molecule has 6 nitrogen and oxygen atoms in total. The van der Waals surface area contributed by atoms with E-state index in [2.05, 4.69) is 44.5 Å². The molecule has 0 radical (unpaired) electrons. The largest absolute Gasteiger partial charge is 0.544 e. The molecule has 1 aromatic carbocycles. The van der Waals surface area contributed by atoms with Crippen molar-refractivity contribution < 1.29 is 18.8 Å². The molecule has 0 bridgehead atoms. The number of barbiturate groups is 1. The molecule has 7 heteroatoms. The Morgan fingerprint density at radius 3 is 1.87 bits per heavy atom. The molecule has 0 atom stereocenters. The van der Waals surface area contributed by atoms with Gasteiger partial charge in [0.25, 0.3) is 0 Å². The fourth-order valence-electron chi connectivity index (χ4n) is 2.00. The van der Waals surface area contributed by atoms with Crippen LogP contribution in [0.1, 0.15) is 32.3 Å². The number of amides is 4. The number of urea groups is 1. The number of rotatable bonds is 3. The zero-order valence-corrected chi connectivity index (χ0v) is 15.0. The van der Waals surface area contributed by atoms with Crippen LogP contribution in [0.15, 0.2) is 24.3 Å². The molecule has 124 valence electrons. The van der Waals surface area contributed by atoms with Gasteiger partial charge in [0.2, 0.25) is 20.1 Å². The first-order valence-electron chi connectivity index (χ1n) is 7.46. The summed E-state index contributed by atoms with van der Waals surface area (Å²) in [6.07, 6.45) is 0. The predicted octanol–water partition coefficient (Wildman–Crippen LogP) is 2.52. The molecule has 0 aromatic heterocycles. The Morgan fingerprint density at radius 2 is 1.43 bits per heavy atom. The van der Waals surface area contributed by atoms with Gasteiger partial charge in [0.15, 0.2) is 0 Å². The summed E-state index contributed by atoms with van der Waals surface area (Å²) >= 11 is 0. The maximum absolute atomic E-state index is 11.8. The highest BCUT2D eigenvalue weighted by Crippen LogP contribution is 2.37. The summed E-state index contributed by atoms with van der Waals surface area (Å²) in [6.45, 7) is 10.8. The number of carbonyl (C=O) groups is 3. The summed E-state index contributed by atoms with van der Waals surface area (Å²) in [6, 6.07) is 6.10. The molecule has 1 saturated heterocycles. The Balaban J connectivity index is 2.18. The van der Waals surface area contributed by atoms with Crippen LogP contribution in [0.2, 0.25) is 18.1 Å². The minimum atomic E-state index is -1.94. The van der Waals surface area contributed by atoms with E-state index in [9.17, 15) is 14.4 Å². The maximum Gasteiger partial charge on any atom is 0.328 e. The first-order chi connectivity index (χ1) is 10.5. The average molecular weight is 334 g/mol. The van der Waals surface area contributed by atoms with Crippen LogP contribution in [0.5, 0.6) is 5.75 Å². The van der Waals surface area contributed by atoms with Gasteiger partial charge in [-0.1, -0.05) is 32.9 Å². The molecule has 0 unspecified atom stereocenters. The zero-order valence-electron chi connectivity index (χ0n) is 14.0. The lowest BCUT2D eigenvalue weighted by atomic mass is 9.96. The van der Waals surface area contributed by atoms with Crippen molar-refractivity contribution in [1.82, 2.24) is 10.6 Å². The normalized spacial score (nSPS) is 16.8. The summed E-state index contributed by atoms with van der Waals surface area (Å²) < 4.78 is 6.16. The third kappa shape index (κ3) is 3.61.